The molecule has 1 fully saturated rings. The molecule has 1 heterocycles. The van der Waals surface area contributed by atoms with E-state index in [0.717, 1.165) is 12.8 Å². The van der Waals surface area contributed by atoms with Crippen LogP contribution in [0.3, 0.4) is 0 Å². The van der Waals surface area contributed by atoms with Crippen LogP contribution in [0, 0.1) is 5.53 Å². The van der Waals surface area contributed by atoms with E-state index in [4.69, 9.17) is 22.9 Å². The van der Waals surface area contributed by atoms with Crippen LogP contribution in [0.2, 0.25) is 5.02 Å². The maximum absolute atomic E-state index is 13.1. The SMILES string of the molecule is CC(N)N(CCC(=O)N1CCCCC1C(=O)Nc1ccc(-c2ccccc2OC(F)(F)F)c(Cl)c1)N=N. The van der Waals surface area contributed by atoms with Gasteiger partial charge in [-0.05, 0) is 44.4 Å². The number of nitrogens with one attached hydrogen (secondary N) is 2. The summed E-state index contributed by atoms with van der Waals surface area (Å²) in [5.74, 6) is -1.04. The second-order valence-corrected chi connectivity index (χ2v) is 8.99. The number of rotatable bonds is 9. The first-order chi connectivity index (χ1) is 17.5. The van der Waals surface area contributed by atoms with Gasteiger partial charge in [-0.1, -0.05) is 41.1 Å². The van der Waals surface area contributed by atoms with Gasteiger partial charge in [0.15, 0.2) is 0 Å². The highest BCUT2D eigenvalue weighted by molar-refractivity contribution is 6.33. The fourth-order valence-corrected chi connectivity index (χ4v) is 4.42. The summed E-state index contributed by atoms with van der Waals surface area (Å²) in [6, 6.07) is 9.37. The fraction of sp³-hybridized carbons (Fsp3) is 0.417. The first-order valence-electron chi connectivity index (χ1n) is 11.6. The molecule has 2 amide bonds. The molecule has 0 saturated carbocycles. The number of likely N-dealkylation sites (tertiary alicyclic amines) is 1. The monoisotopic (exact) mass is 540 g/mol. The summed E-state index contributed by atoms with van der Waals surface area (Å²) in [6.45, 7) is 2.22. The smallest absolute Gasteiger partial charge is 0.405 e. The van der Waals surface area contributed by atoms with E-state index in [1.807, 2.05) is 0 Å². The van der Waals surface area contributed by atoms with Crippen LogP contribution in [0.5, 0.6) is 5.75 Å². The Kier molecular flexibility index (Phi) is 9.33. The van der Waals surface area contributed by atoms with Gasteiger partial charge in [-0.2, -0.15) is 5.53 Å². The summed E-state index contributed by atoms with van der Waals surface area (Å²) in [6.07, 6.45) is -3.33. The van der Waals surface area contributed by atoms with Crippen molar-refractivity contribution < 1.29 is 27.5 Å². The van der Waals surface area contributed by atoms with Crippen LogP contribution in [0.4, 0.5) is 18.9 Å². The molecule has 0 aromatic heterocycles. The van der Waals surface area contributed by atoms with Crippen molar-refractivity contribution in [2.24, 2.45) is 11.0 Å². The van der Waals surface area contributed by atoms with Crippen molar-refractivity contribution in [1.82, 2.24) is 9.91 Å². The predicted molar refractivity (Wildman–Crippen MR) is 132 cm³/mol. The number of anilines is 1. The molecule has 200 valence electrons. The Hall–Kier alpha value is -3.38. The standard InChI is InChI=1S/C24H28ClF3N6O3/c1-15(29)34(32-30)13-11-22(35)33-12-5-4-7-20(33)23(36)31-16-9-10-17(19(25)14-16)18-6-2-3-8-21(18)37-24(26,27)28/h2-3,6,8-10,14-15,20,30H,4-5,7,11-13,29H2,1H3,(H,31,36). The average molecular weight is 541 g/mol. The zero-order valence-electron chi connectivity index (χ0n) is 20.1. The molecule has 2 aromatic rings. The number of amides is 2. The first-order valence-corrected chi connectivity index (χ1v) is 12.0. The summed E-state index contributed by atoms with van der Waals surface area (Å²) in [5, 5.41) is 7.45. The normalized spacial score (nSPS) is 16.6. The van der Waals surface area contributed by atoms with E-state index in [1.54, 1.807) is 13.0 Å². The summed E-state index contributed by atoms with van der Waals surface area (Å²) >= 11 is 6.37. The van der Waals surface area contributed by atoms with Crippen molar-refractivity contribution in [1.29, 1.82) is 5.53 Å². The summed E-state index contributed by atoms with van der Waals surface area (Å²) < 4.78 is 42.5. The van der Waals surface area contributed by atoms with Gasteiger partial charge in [0.05, 0.1) is 11.2 Å². The fourth-order valence-electron chi connectivity index (χ4n) is 4.14. The van der Waals surface area contributed by atoms with Crippen LogP contribution in [0.25, 0.3) is 11.1 Å². The minimum atomic E-state index is -4.86. The zero-order valence-corrected chi connectivity index (χ0v) is 20.9. The molecular weight excluding hydrogens is 513 g/mol. The number of nitrogens with zero attached hydrogens (tertiary/aromatic N) is 3. The number of hydrogen-bond donors (Lipinski definition) is 3. The molecule has 2 atom stereocenters. The molecule has 1 aliphatic rings. The molecule has 0 bridgehead atoms. The Balaban J connectivity index is 1.72. The van der Waals surface area contributed by atoms with Gasteiger partial charge in [-0.15, -0.1) is 13.2 Å². The highest BCUT2D eigenvalue weighted by atomic mass is 35.5. The number of carbonyl (C=O) groups is 2. The van der Waals surface area contributed by atoms with E-state index in [1.165, 1.54) is 46.3 Å². The molecule has 9 nitrogen and oxygen atoms in total. The number of hydrogen-bond acceptors (Lipinski definition) is 6. The lowest BCUT2D eigenvalue weighted by atomic mass is 10.0. The third kappa shape index (κ3) is 7.56. The van der Waals surface area contributed by atoms with E-state index in [-0.39, 0.29) is 29.5 Å². The van der Waals surface area contributed by atoms with E-state index in [9.17, 15) is 22.8 Å². The minimum absolute atomic E-state index is 0.0492. The second-order valence-electron chi connectivity index (χ2n) is 8.58. The Morgan fingerprint density at radius 2 is 2.00 bits per heavy atom. The molecule has 0 spiro atoms. The predicted octanol–water partition coefficient (Wildman–Crippen LogP) is 5.17. The summed E-state index contributed by atoms with van der Waals surface area (Å²) in [7, 11) is 0. The van der Waals surface area contributed by atoms with Crippen molar-refractivity contribution >= 4 is 29.1 Å². The molecule has 37 heavy (non-hydrogen) atoms. The molecule has 3 rings (SSSR count). The lowest BCUT2D eigenvalue weighted by Crippen LogP contribution is -2.50. The maximum atomic E-state index is 13.1. The lowest BCUT2D eigenvalue weighted by molar-refractivity contribution is -0.274. The van der Waals surface area contributed by atoms with Crippen molar-refractivity contribution in [3.8, 4) is 16.9 Å². The second kappa shape index (κ2) is 12.2. The number of piperidine rings is 1. The quantitative estimate of drug-likeness (QED) is 0.230. The Morgan fingerprint density at radius 1 is 1.27 bits per heavy atom. The number of nitrogens with two attached hydrogens (primary N) is 1. The molecule has 1 aliphatic heterocycles. The molecule has 2 aromatic carbocycles. The van der Waals surface area contributed by atoms with Crippen LogP contribution in [0.1, 0.15) is 32.6 Å². The summed E-state index contributed by atoms with van der Waals surface area (Å²) in [5.41, 5.74) is 13.7. The summed E-state index contributed by atoms with van der Waals surface area (Å²) in [4.78, 5) is 27.5. The van der Waals surface area contributed by atoms with Gasteiger partial charge < -0.3 is 20.7 Å². The number of benzene rings is 2. The largest absolute Gasteiger partial charge is 0.573 e. The number of alkyl halides is 3. The van der Waals surface area contributed by atoms with Crippen molar-refractivity contribution in [3.05, 3.63) is 47.5 Å². The minimum Gasteiger partial charge on any atom is -0.405 e. The van der Waals surface area contributed by atoms with E-state index >= 15 is 0 Å². The van der Waals surface area contributed by atoms with Gasteiger partial charge in [0.25, 0.3) is 0 Å². The molecule has 0 radical (unpaired) electrons. The van der Waals surface area contributed by atoms with E-state index < -0.39 is 30.2 Å². The maximum Gasteiger partial charge on any atom is 0.573 e. The third-order valence-electron chi connectivity index (χ3n) is 5.92. The first kappa shape index (κ1) is 28.2. The number of ether oxygens (including phenoxy) is 1. The highest BCUT2D eigenvalue weighted by Crippen LogP contribution is 2.38. The van der Waals surface area contributed by atoms with Gasteiger partial charge in [0.2, 0.25) is 11.8 Å². The van der Waals surface area contributed by atoms with Gasteiger partial charge in [-0.25, -0.2) is 0 Å². The van der Waals surface area contributed by atoms with Crippen molar-refractivity contribution in [3.63, 3.8) is 0 Å². The van der Waals surface area contributed by atoms with E-state index in [0.29, 0.717) is 24.2 Å². The Bertz CT molecular complexity index is 1130. The van der Waals surface area contributed by atoms with Gasteiger partial charge in [0, 0.05) is 36.3 Å². The van der Waals surface area contributed by atoms with Crippen LogP contribution in [-0.2, 0) is 9.59 Å². The number of carbonyl (C=O) groups excluding carboxylic acids is 2. The van der Waals surface area contributed by atoms with Gasteiger partial charge in [-0.3, -0.25) is 14.6 Å². The van der Waals surface area contributed by atoms with Crippen LogP contribution < -0.4 is 15.8 Å². The number of para-hydroxylation sites is 1. The molecule has 2 unspecified atom stereocenters. The average Bonchev–Trinajstić information content (AvgIpc) is 2.84. The van der Waals surface area contributed by atoms with Gasteiger partial charge >= 0.3 is 6.36 Å². The lowest BCUT2D eigenvalue weighted by Gasteiger charge is -2.35. The van der Waals surface area contributed by atoms with Crippen LogP contribution in [0.15, 0.2) is 47.7 Å². The van der Waals surface area contributed by atoms with Crippen molar-refractivity contribution in [2.75, 3.05) is 18.4 Å². The zero-order chi connectivity index (χ0) is 27.2. The molecular formula is C24H28ClF3N6O3. The van der Waals surface area contributed by atoms with Crippen LogP contribution >= 0.6 is 11.6 Å². The Morgan fingerprint density at radius 3 is 2.65 bits per heavy atom. The van der Waals surface area contributed by atoms with E-state index in [2.05, 4.69) is 15.3 Å². The highest BCUT2D eigenvalue weighted by Gasteiger charge is 2.33. The van der Waals surface area contributed by atoms with Gasteiger partial charge in [0.1, 0.15) is 11.8 Å². The molecule has 1 saturated heterocycles. The third-order valence-corrected chi connectivity index (χ3v) is 6.23. The topological polar surface area (TPSA) is 124 Å². The molecule has 0 aliphatic carbocycles. The molecule has 4 N–H and O–H groups in total. The van der Waals surface area contributed by atoms with Crippen molar-refractivity contribution in [2.45, 2.75) is 51.2 Å². The number of halogens is 4. The van der Waals surface area contributed by atoms with Crippen LogP contribution in [-0.4, -0.2) is 53.4 Å². The molecule has 13 heteroatoms. The Labute approximate surface area is 217 Å².